The van der Waals surface area contributed by atoms with E-state index in [1.807, 2.05) is 37.3 Å². The largest absolute Gasteiger partial charge is 0.495 e. The van der Waals surface area contributed by atoms with E-state index in [-0.39, 0.29) is 11.9 Å². The van der Waals surface area contributed by atoms with E-state index in [4.69, 9.17) is 4.74 Å². The molecule has 28 heavy (non-hydrogen) atoms. The van der Waals surface area contributed by atoms with Crippen LogP contribution >= 0.6 is 0 Å². The first kappa shape index (κ1) is 20.1. The van der Waals surface area contributed by atoms with Crippen LogP contribution in [0.1, 0.15) is 12.5 Å². The molecule has 1 N–H and O–H groups in total. The van der Waals surface area contributed by atoms with E-state index in [0.29, 0.717) is 11.4 Å². The number of carbonyl (C=O) groups excluding carboxylic acids is 1. The molecule has 0 spiro atoms. The molecule has 5 heteroatoms. The first-order valence-corrected chi connectivity index (χ1v) is 9.79. The molecule has 1 fully saturated rings. The van der Waals surface area contributed by atoms with E-state index in [1.165, 1.54) is 5.56 Å². The summed E-state index contributed by atoms with van der Waals surface area (Å²) in [4.78, 5) is 17.3. The van der Waals surface area contributed by atoms with Gasteiger partial charge in [0.2, 0.25) is 5.91 Å². The van der Waals surface area contributed by atoms with Crippen molar-refractivity contribution in [1.29, 1.82) is 0 Å². The Labute approximate surface area is 167 Å². The molecular formula is C23H29N3O2. The second kappa shape index (κ2) is 10.1. The average Bonchev–Trinajstić information content (AvgIpc) is 2.75. The Balaban J connectivity index is 1.46. The summed E-state index contributed by atoms with van der Waals surface area (Å²) in [5.74, 6) is 0.681. The number of methoxy groups -OCH3 is 1. The molecule has 1 heterocycles. The van der Waals surface area contributed by atoms with Gasteiger partial charge >= 0.3 is 0 Å². The molecule has 0 aromatic heterocycles. The van der Waals surface area contributed by atoms with Crippen molar-refractivity contribution < 1.29 is 9.53 Å². The maximum Gasteiger partial charge on any atom is 0.241 e. The summed E-state index contributed by atoms with van der Waals surface area (Å²) < 4.78 is 5.31. The van der Waals surface area contributed by atoms with Gasteiger partial charge < -0.3 is 10.1 Å². The molecule has 0 aliphatic carbocycles. The van der Waals surface area contributed by atoms with E-state index in [0.717, 1.165) is 32.7 Å². The highest BCUT2D eigenvalue weighted by atomic mass is 16.5. The van der Waals surface area contributed by atoms with Gasteiger partial charge in [0.1, 0.15) is 5.75 Å². The smallest absolute Gasteiger partial charge is 0.241 e. The fourth-order valence-electron chi connectivity index (χ4n) is 3.39. The van der Waals surface area contributed by atoms with Crippen LogP contribution in [-0.4, -0.2) is 61.6 Å². The number of nitrogens with zero attached hydrogens (tertiary/aromatic N) is 2. The molecule has 1 atom stereocenters. The summed E-state index contributed by atoms with van der Waals surface area (Å²) in [7, 11) is 1.61. The van der Waals surface area contributed by atoms with Gasteiger partial charge in [-0.1, -0.05) is 54.6 Å². The number of anilines is 1. The summed E-state index contributed by atoms with van der Waals surface area (Å²) in [6.07, 6.45) is 4.37. The normalized spacial score (nSPS) is 16.8. The number of hydrogen-bond donors (Lipinski definition) is 1. The van der Waals surface area contributed by atoms with Crippen molar-refractivity contribution in [1.82, 2.24) is 9.80 Å². The van der Waals surface area contributed by atoms with Crippen molar-refractivity contribution in [3.63, 3.8) is 0 Å². The predicted molar refractivity (Wildman–Crippen MR) is 115 cm³/mol. The monoisotopic (exact) mass is 379 g/mol. The van der Waals surface area contributed by atoms with Gasteiger partial charge in [0, 0.05) is 32.7 Å². The Hall–Kier alpha value is -2.63. The molecule has 3 rings (SSSR count). The summed E-state index contributed by atoms with van der Waals surface area (Å²) in [5, 5.41) is 2.99. The van der Waals surface area contributed by atoms with Crippen LogP contribution in [0.4, 0.5) is 5.69 Å². The molecular weight excluding hydrogens is 350 g/mol. The van der Waals surface area contributed by atoms with Gasteiger partial charge in [-0.05, 0) is 24.6 Å². The number of benzene rings is 2. The van der Waals surface area contributed by atoms with E-state index in [1.54, 1.807) is 7.11 Å². The second-order valence-corrected chi connectivity index (χ2v) is 7.02. The lowest BCUT2D eigenvalue weighted by molar-refractivity contribution is -0.121. The zero-order valence-corrected chi connectivity index (χ0v) is 16.7. The fourth-order valence-corrected chi connectivity index (χ4v) is 3.39. The molecule has 148 valence electrons. The molecule has 2 aromatic rings. The van der Waals surface area contributed by atoms with Gasteiger partial charge in [0.15, 0.2) is 0 Å². The van der Waals surface area contributed by atoms with Crippen molar-refractivity contribution in [3.05, 3.63) is 66.2 Å². The fraction of sp³-hybridized carbons (Fsp3) is 0.348. The SMILES string of the molecule is COc1ccccc1NC(=O)[C@@H](C)N1CCN(C/C=C/c2ccccc2)CC1. The van der Waals surface area contributed by atoms with Crippen LogP contribution in [0.15, 0.2) is 60.7 Å². The summed E-state index contributed by atoms with van der Waals surface area (Å²) in [5.41, 5.74) is 1.94. The van der Waals surface area contributed by atoms with Crippen LogP contribution in [0.3, 0.4) is 0 Å². The molecule has 0 saturated carbocycles. The number of para-hydroxylation sites is 2. The number of hydrogen-bond acceptors (Lipinski definition) is 4. The Morgan fingerprint density at radius 1 is 1.07 bits per heavy atom. The lowest BCUT2D eigenvalue weighted by Crippen LogP contribution is -2.52. The highest BCUT2D eigenvalue weighted by Gasteiger charge is 2.25. The molecule has 0 bridgehead atoms. The third-order valence-corrected chi connectivity index (χ3v) is 5.17. The summed E-state index contributed by atoms with van der Waals surface area (Å²) >= 11 is 0. The zero-order valence-electron chi connectivity index (χ0n) is 16.7. The Morgan fingerprint density at radius 2 is 1.75 bits per heavy atom. The lowest BCUT2D eigenvalue weighted by atomic mass is 10.2. The van der Waals surface area contributed by atoms with Crippen molar-refractivity contribution in [3.8, 4) is 5.75 Å². The third-order valence-electron chi connectivity index (χ3n) is 5.17. The molecule has 1 aliphatic rings. The Kier molecular flexibility index (Phi) is 7.23. The van der Waals surface area contributed by atoms with E-state index in [2.05, 4.69) is 51.5 Å². The molecule has 0 radical (unpaired) electrons. The van der Waals surface area contributed by atoms with Crippen LogP contribution in [-0.2, 0) is 4.79 Å². The van der Waals surface area contributed by atoms with E-state index >= 15 is 0 Å². The lowest BCUT2D eigenvalue weighted by Gasteiger charge is -2.37. The summed E-state index contributed by atoms with van der Waals surface area (Å²) in [6, 6.07) is 17.7. The van der Waals surface area contributed by atoms with Crippen molar-refractivity contribution in [2.45, 2.75) is 13.0 Å². The third kappa shape index (κ3) is 5.44. The number of ether oxygens (including phenoxy) is 1. The topological polar surface area (TPSA) is 44.8 Å². The quantitative estimate of drug-likeness (QED) is 0.801. The zero-order chi connectivity index (χ0) is 19.8. The van der Waals surface area contributed by atoms with Gasteiger partial charge in [-0.25, -0.2) is 0 Å². The molecule has 2 aromatic carbocycles. The van der Waals surface area contributed by atoms with Gasteiger partial charge in [0.05, 0.1) is 18.8 Å². The van der Waals surface area contributed by atoms with Crippen molar-refractivity contribution in [2.75, 3.05) is 45.2 Å². The van der Waals surface area contributed by atoms with Crippen LogP contribution in [0, 0.1) is 0 Å². The summed E-state index contributed by atoms with van der Waals surface area (Å²) in [6.45, 7) is 6.61. The van der Waals surface area contributed by atoms with Gasteiger partial charge in [-0.2, -0.15) is 0 Å². The van der Waals surface area contributed by atoms with E-state index < -0.39 is 0 Å². The molecule has 1 amide bonds. The number of nitrogens with one attached hydrogen (secondary N) is 1. The highest BCUT2D eigenvalue weighted by Crippen LogP contribution is 2.23. The van der Waals surface area contributed by atoms with Crippen LogP contribution in [0.5, 0.6) is 5.75 Å². The minimum atomic E-state index is -0.174. The second-order valence-electron chi connectivity index (χ2n) is 7.02. The molecule has 1 aliphatic heterocycles. The van der Waals surface area contributed by atoms with Crippen molar-refractivity contribution >= 4 is 17.7 Å². The van der Waals surface area contributed by atoms with Gasteiger partial charge in [0.25, 0.3) is 0 Å². The van der Waals surface area contributed by atoms with Gasteiger partial charge in [-0.15, -0.1) is 0 Å². The van der Waals surface area contributed by atoms with E-state index in [9.17, 15) is 4.79 Å². The first-order chi connectivity index (χ1) is 13.7. The number of rotatable bonds is 7. The number of piperazine rings is 1. The predicted octanol–water partition coefficient (Wildman–Crippen LogP) is 3.35. The first-order valence-electron chi connectivity index (χ1n) is 9.79. The number of amides is 1. The van der Waals surface area contributed by atoms with Crippen molar-refractivity contribution in [2.24, 2.45) is 0 Å². The maximum atomic E-state index is 12.7. The van der Waals surface area contributed by atoms with Crippen LogP contribution < -0.4 is 10.1 Å². The molecule has 1 saturated heterocycles. The average molecular weight is 380 g/mol. The standard InChI is InChI=1S/C23H29N3O2/c1-19(23(27)24-21-12-6-7-13-22(21)28-2)26-17-15-25(16-18-26)14-8-11-20-9-4-3-5-10-20/h3-13,19H,14-18H2,1-2H3,(H,24,27)/b11-8+/t19-/m1/s1. The molecule has 5 nitrogen and oxygen atoms in total. The minimum Gasteiger partial charge on any atom is -0.495 e. The highest BCUT2D eigenvalue weighted by molar-refractivity contribution is 5.95. The van der Waals surface area contributed by atoms with Crippen LogP contribution in [0.25, 0.3) is 6.08 Å². The number of carbonyl (C=O) groups is 1. The Morgan fingerprint density at radius 3 is 2.46 bits per heavy atom. The maximum absolute atomic E-state index is 12.7. The Bertz CT molecular complexity index is 783. The molecule has 0 unspecified atom stereocenters. The van der Waals surface area contributed by atoms with Crippen LogP contribution in [0.2, 0.25) is 0 Å². The minimum absolute atomic E-state index is 0.00178. The van der Waals surface area contributed by atoms with Gasteiger partial charge in [-0.3, -0.25) is 14.6 Å².